The van der Waals surface area contributed by atoms with Crippen molar-refractivity contribution in [1.29, 1.82) is 0 Å². The lowest BCUT2D eigenvalue weighted by Crippen LogP contribution is -2.30. The maximum atomic E-state index is 12.1. The largest absolute Gasteiger partial charge is 0.466 e. The van der Waals surface area contributed by atoms with Crippen LogP contribution < -0.4 is 0 Å². The highest BCUT2D eigenvalue weighted by Crippen LogP contribution is 2.26. The predicted octanol–water partition coefficient (Wildman–Crippen LogP) is 2.33. The number of imidazole rings is 1. The smallest absolute Gasteiger partial charge is 0.420 e. The summed E-state index contributed by atoms with van der Waals surface area (Å²) in [6, 6.07) is 0. The summed E-state index contributed by atoms with van der Waals surface area (Å²) in [4.78, 5) is 28.2. The second-order valence-corrected chi connectivity index (χ2v) is 6.18. The molecule has 0 saturated heterocycles. The maximum absolute atomic E-state index is 12.1. The van der Waals surface area contributed by atoms with E-state index in [1.165, 1.54) is 10.9 Å². The van der Waals surface area contributed by atoms with Gasteiger partial charge in [0, 0.05) is 6.42 Å². The van der Waals surface area contributed by atoms with Gasteiger partial charge in [-0.1, -0.05) is 0 Å². The van der Waals surface area contributed by atoms with E-state index in [1.807, 2.05) is 20.8 Å². The molecule has 0 spiro atoms. The van der Waals surface area contributed by atoms with Gasteiger partial charge in [-0.2, -0.15) is 0 Å². The second-order valence-electron chi connectivity index (χ2n) is 6.18. The Morgan fingerprint density at radius 2 is 2.14 bits per heavy atom. The lowest BCUT2D eigenvalue weighted by molar-refractivity contribution is -0.148. The molecule has 0 fully saturated rings. The number of hydrogen-bond donors (Lipinski definition) is 0. The fourth-order valence-electron chi connectivity index (χ4n) is 2.42. The maximum Gasteiger partial charge on any atom is 0.420 e. The SMILES string of the molecule is CCOC(=O)C1CCc2c(ncn2C(=O)OC(C)(C)C)C1. The molecular formula is C15H22N2O4. The molecule has 0 amide bonds. The van der Waals surface area contributed by atoms with Gasteiger partial charge in [-0.05, 0) is 40.5 Å². The van der Waals surface area contributed by atoms with Crippen LogP contribution in [0.1, 0.15) is 45.5 Å². The zero-order chi connectivity index (χ0) is 15.6. The summed E-state index contributed by atoms with van der Waals surface area (Å²) in [7, 11) is 0. The van der Waals surface area contributed by atoms with E-state index in [-0.39, 0.29) is 11.9 Å². The lowest BCUT2D eigenvalue weighted by Gasteiger charge is -2.23. The fraction of sp³-hybridized carbons (Fsp3) is 0.667. The molecule has 0 N–H and O–H groups in total. The van der Waals surface area contributed by atoms with Crippen molar-refractivity contribution in [3.63, 3.8) is 0 Å². The van der Waals surface area contributed by atoms with Crippen LogP contribution in [-0.4, -0.2) is 33.8 Å². The van der Waals surface area contributed by atoms with Crippen LogP contribution in [0.4, 0.5) is 4.79 Å². The highest BCUT2D eigenvalue weighted by atomic mass is 16.6. The molecule has 1 aliphatic rings. The van der Waals surface area contributed by atoms with Gasteiger partial charge in [0.05, 0.1) is 23.9 Å². The Bertz CT molecular complexity index is 542. The van der Waals surface area contributed by atoms with Crippen molar-refractivity contribution in [2.75, 3.05) is 6.61 Å². The number of esters is 1. The minimum absolute atomic E-state index is 0.167. The molecule has 0 saturated carbocycles. The highest BCUT2D eigenvalue weighted by Gasteiger charge is 2.30. The van der Waals surface area contributed by atoms with E-state index in [1.54, 1.807) is 6.92 Å². The normalized spacial score (nSPS) is 18.0. The van der Waals surface area contributed by atoms with Gasteiger partial charge in [0.25, 0.3) is 0 Å². The Hall–Kier alpha value is -1.85. The van der Waals surface area contributed by atoms with Crippen LogP contribution in [0, 0.1) is 5.92 Å². The molecule has 0 radical (unpaired) electrons. The van der Waals surface area contributed by atoms with Gasteiger partial charge >= 0.3 is 12.1 Å². The van der Waals surface area contributed by atoms with Crippen molar-refractivity contribution >= 4 is 12.1 Å². The Balaban J connectivity index is 2.12. The van der Waals surface area contributed by atoms with Crippen molar-refractivity contribution in [1.82, 2.24) is 9.55 Å². The van der Waals surface area contributed by atoms with Crippen LogP contribution >= 0.6 is 0 Å². The molecule has 0 bridgehead atoms. The Kier molecular flexibility index (Phi) is 4.34. The molecule has 1 aromatic rings. The molecule has 2 rings (SSSR count). The van der Waals surface area contributed by atoms with Gasteiger partial charge in [-0.25, -0.2) is 14.3 Å². The van der Waals surface area contributed by atoms with E-state index in [2.05, 4.69) is 4.98 Å². The third kappa shape index (κ3) is 3.62. The highest BCUT2D eigenvalue weighted by molar-refractivity contribution is 5.74. The van der Waals surface area contributed by atoms with Crippen LogP contribution in [0.2, 0.25) is 0 Å². The first-order chi connectivity index (χ1) is 9.81. The van der Waals surface area contributed by atoms with E-state index in [9.17, 15) is 9.59 Å². The third-order valence-electron chi connectivity index (χ3n) is 3.33. The second kappa shape index (κ2) is 5.87. The summed E-state index contributed by atoms with van der Waals surface area (Å²) in [6.45, 7) is 7.65. The molecule has 1 heterocycles. The molecule has 1 unspecified atom stereocenters. The van der Waals surface area contributed by atoms with Crippen LogP contribution in [0.3, 0.4) is 0 Å². The van der Waals surface area contributed by atoms with Crippen molar-refractivity contribution in [2.24, 2.45) is 5.92 Å². The molecule has 0 aromatic carbocycles. The Morgan fingerprint density at radius 3 is 2.76 bits per heavy atom. The average molecular weight is 294 g/mol. The Labute approximate surface area is 124 Å². The van der Waals surface area contributed by atoms with E-state index in [0.717, 1.165) is 11.4 Å². The minimum Gasteiger partial charge on any atom is -0.466 e. The van der Waals surface area contributed by atoms with Gasteiger partial charge in [-0.3, -0.25) is 4.79 Å². The quantitative estimate of drug-likeness (QED) is 0.783. The standard InChI is InChI=1S/C15H22N2O4/c1-5-20-13(18)10-6-7-12-11(8-10)16-9-17(12)14(19)21-15(2,3)4/h9-10H,5-8H2,1-4H3. The van der Waals surface area contributed by atoms with E-state index in [0.29, 0.717) is 25.9 Å². The molecular weight excluding hydrogens is 272 g/mol. The predicted molar refractivity (Wildman–Crippen MR) is 76.0 cm³/mol. The molecule has 6 nitrogen and oxygen atoms in total. The van der Waals surface area contributed by atoms with Crippen LogP contribution in [0.5, 0.6) is 0 Å². The van der Waals surface area contributed by atoms with Crippen molar-refractivity contribution in [2.45, 2.75) is 52.6 Å². The first-order valence-corrected chi connectivity index (χ1v) is 7.27. The van der Waals surface area contributed by atoms with Gasteiger partial charge in [-0.15, -0.1) is 0 Å². The first-order valence-electron chi connectivity index (χ1n) is 7.27. The molecule has 1 aliphatic carbocycles. The lowest BCUT2D eigenvalue weighted by atomic mass is 9.90. The average Bonchev–Trinajstić information content (AvgIpc) is 2.79. The molecule has 1 aromatic heterocycles. The number of aromatic nitrogens is 2. The summed E-state index contributed by atoms with van der Waals surface area (Å²) in [5, 5.41) is 0. The monoisotopic (exact) mass is 294 g/mol. The summed E-state index contributed by atoms with van der Waals surface area (Å²) >= 11 is 0. The van der Waals surface area contributed by atoms with Gasteiger partial charge in [0.15, 0.2) is 0 Å². The summed E-state index contributed by atoms with van der Waals surface area (Å²) in [5.41, 5.74) is 1.08. The van der Waals surface area contributed by atoms with Crippen molar-refractivity contribution < 1.29 is 19.1 Å². The van der Waals surface area contributed by atoms with Crippen LogP contribution in [0.25, 0.3) is 0 Å². The first kappa shape index (κ1) is 15.5. The number of hydrogen-bond acceptors (Lipinski definition) is 5. The van der Waals surface area contributed by atoms with E-state index < -0.39 is 11.7 Å². The van der Waals surface area contributed by atoms with Gasteiger partial charge < -0.3 is 9.47 Å². The molecule has 1 atom stereocenters. The molecule has 0 aliphatic heterocycles. The summed E-state index contributed by atoms with van der Waals surface area (Å²) < 4.78 is 11.9. The van der Waals surface area contributed by atoms with E-state index in [4.69, 9.17) is 9.47 Å². The van der Waals surface area contributed by atoms with Gasteiger partial charge in [0.1, 0.15) is 11.9 Å². The molecule has 21 heavy (non-hydrogen) atoms. The fourth-order valence-corrected chi connectivity index (χ4v) is 2.42. The third-order valence-corrected chi connectivity index (χ3v) is 3.33. The minimum atomic E-state index is -0.545. The summed E-state index contributed by atoms with van der Waals surface area (Å²) in [5.74, 6) is -0.352. The molecule has 6 heteroatoms. The zero-order valence-electron chi connectivity index (χ0n) is 13.0. The van der Waals surface area contributed by atoms with Gasteiger partial charge in [0.2, 0.25) is 0 Å². The number of fused-ring (bicyclic) bond motifs is 1. The zero-order valence-corrected chi connectivity index (χ0v) is 13.0. The number of nitrogens with zero attached hydrogens (tertiary/aromatic N) is 2. The molecule has 116 valence electrons. The van der Waals surface area contributed by atoms with Crippen molar-refractivity contribution in [3.8, 4) is 0 Å². The Morgan fingerprint density at radius 1 is 1.43 bits per heavy atom. The number of carbonyl (C=O) groups is 2. The summed E-state index contributed by atoms with van der Waals surface area (Å²) in [6.07, 6.45) is 2.86. The van der Waals surface area contributed by atoms with Crippen LogP contribution in [0.15, 0.2) is 6.33 Å². The topological polar surface area (TPSA) is 70.4 Å². The number of ether oxygens (including phenoxy) is 2. The number of rotatable bonds is 2. The van der Waals surface area contributed by atoms with Crippen LogP contribution in [-0.2, 0) is 27.1 Å². The van der Waals surface area contributed by atoms with E-state index >= 15 is 0 Å². The van der Waals surface area contributed by atoms with Crippen molar-refractivity contribution in [3.05, 3.63) is 17.7 Å². The number of carbonyl (C=O) groups excluding carboxylic acids is 2.